The number of furan rings is 1. The zero-order valence-electron chi connectivity index (χ0n) is 32.0. The van der Waals surface area contributed by atoms with Gasteiger partial charge in [-0.05, 0) is 121 Å². The molecule has 0 unspecified atom stereocenters. The molecule has 0 atom stereocenters. The maximum absolute atomic E-state index is 6.55. The lowest BCUT2D eigenvalue weighted by atomic mass is 9.73. The van der Waals surface area contributed by atoms with Crippen molar-refractivity contribution in [3.63, 3.8) is 0 Å². The lowest BCUT2D eigenvalue weighted by molar-refractivity contribution is 0.443. The number of nitrogens with zero attached hydrogens (tertiary/aromatic N) is 2. The van der Waals surface area contributed by atoms with Crippen LogP contribution in [0.1, 0.15) is 80.4 Å². The molecule has 8 aromatic rings. The second-order valence-electron chi connectivity index (χ2n) is 15.9. The Labute approximate surface area is 330 Å². The van der Waals surface area contributed by atoms with Crippen molar-refractivity contribution in [2.45, 2.75) is 69.1 Å². The maximum atomic E-state index is 6.55. The zero-order chi connectivity index (χ0) is 37.3. The van der Waals surface area contributed by atoms with Gasteiger partial charge in [0.25, 0.3) is 0 Å². The standard InChI is InChI=1S/C53H48N2O/c1-4-15-39(16-5-1)40-25-31-45(32-26-40)54(43-17-6-2-7-18-43)46-33-27-41(28-34-46)53(37-12-13-38-53)42-29-35-47(36-30-42)55(44-19-8-3-9-20-44)50-23-14-22-49-48-21-10-11-24-51(48)56-52(49)50/h2-3,6-11,14,17-36,39H,1,4-5,12-13,15-16,37-38H2. The van der Waals surface area contributed by atoms with Crippen LogP contribution in [0.25, 0.3) is 21.9 Å². The molecule has 2 aliphatic carbocycles. The van der Waals surface area contributed by atoms with Gasteiger partial charge in [0.2, 0.25) is 0 Å². The molecule has 1 heterocycles. The van der Waals surface area contributed by atoms with Crippen LogP contribution in [0.15, 0.2) is 180 Å². The zero-order valence-corrected chi connectivity index (χ0v) is 32.0. The smallest absolute Gasteiger partial charge is 0.159 e. The van der Waals surface area contributed by atoms with Gasteiger partial charge in [0, 0.05) is 44.6 Å². The van der Waals surface area contributed by atoms with Crippen molar-refractivity contribution in [1.82, 2.24) is 0 Å². The molecule has 3 heteroatoms. The quantitative estimate of drug-likeness (QED) is 0.148. The summed E-state index contributed by atoms with van der Waals surface area (Å²) in [5.41, 5.74) is 12.9. The van der Waals surface area contributed by atoms with Crippen LogP contribution in [0.2, 0.25) is 0 Å². The molecule has 7 aromatic carbocycles. The third-order valence-corrected chi connectivity index (χ3v) is 12.7. The Balaban J connectivity index is 0.993. The summed E-state index contributed by atoms with van der Waals surface area (Å²) in [6, 6.07) is 64.6. The first-order valence-corrected chi connectivity index (χ1v) is 20.7. The number of benzene rings is 7. The van der Waals surface area contributed by atoms with E-state index in [-0.39, 0.29) is 5.41 Å². The molecule has 0 radical (unpaired) electrons. The SMILES string of the molecule is c1ccc(N(c2ccc(C3CCCCC3)cc2)c2ccc(C3(c4ccc(N(c5ccccc5)c5cccc6c5oc5ccccc56)cc4)CCCC3)cc2)cc1. The Hall–Kier alpha value is -6.06. The van der Waals surface area contributed by atoms with E-state index in [1.165, 1.54) is 78.7 Å². The Kier molecular flexibility index (Phi) is 9.15. The minimum atomic E-state index is -0.0212. The van der Waals surface area contributed by atoms with Crippen LogP contribution in [0.5, 0.6) is 0 Å². The van der Waals surface area contributed by atoms with E-state index >= 15 is 0 Å². The van der Waals surface area contributed by atoms with Gasteiger partial charge in [-0.3, -0.25) is 0 Å². The van der Waals surface area contributed by atoms with Gasteiger partial charge in [-0.25, -0.2) is 0 Å². The first kappa shape index (κ1) is 34.4. The Morgan fingerprint density at radius 2 is 0.911 bits per heavy atom. The minimum Gasteiger partial charge on any atom is -0.454 e. The highest BCUT2D eigenvalue weighted by molar-refractivity contribution is 6.10. The van der Waals surface area contributed by atoms with Crippen LogP contribution >= 0.6 is 0 Å². The Bertz CT molecular complexity index is 2540. The van der Waals surface area contributed by atoms with Crippen LogP contribution in [-0.2, 0) is 5.41 Å². The summed E-state index contributed by atoms with van der Waals surface area (Å²) in [4.78, 5) is 4.75. The lowest BCUT2D eigenvalue weighted by Crippen LogP contribution is -2.24. The highest BCUT2D eigenvalue weighted by atomic mass is 16.3. The second-order valence-corrected chi connectivity index (χ2v) is 15.9. The predicted molar refractivity (Wildman–Crippen MR) is 235 cm³/mol. The largest absolute Gasteiger partial charge is 0.454 e. The molecule has 276 valence electrons. The molecular weight excluding hydrogens is 681 g/mol. The summed E-state index contributed by atoms with van der Waals surface area (Å²) in [6.07, 6.45) is 11.5. The van der Waals surface area contributed by atoms with Gasteiger partial charge in [0.15, 0.2) is 5.58 Å². The molecule has 0 amide bonds. The van der Waals surface area contributed by atoms with Crippen LogP contribution in [0.4, 0.5) is 34.1 Å². The van der Waals surface area contributed by atoms with Gasteiger partial charge in [-0.2, -0.15) is 0 Å². The number of rotatable bonds is 9. The summed E-state index contributed by atoms with van der Waals surface area (Å²) in [7, 11) is 0. The molecule has 0 bridgehead atoms. The molecule has 0 aliphatic heterocycles. The first-order valence-electron chi connectivity index (χ1n) is 20.7. The van der Waals surface area contributed by atoms with Crippen molar-refractivity contribution in [3.8, 4) is 0 Å². The van der Waals surface area contributed by atoms with E-state index in [2.05, 4.69) is 180 Å². The van der Waals surface area contributed by atoms with Gasteiger partial charge in [-0.1, -0.05) is 135 Å². The highest BCUT2D eigenvalue weighted by Gasteiger charge is 2.37. The number of para-hydroxylation sites is 4. The summed E-state index contributed by atoms with van der Waals surface area (Å²) in [6.45, 7) is 0. The first-order chi connectivity index (χ1) is 27.7. The Morgan fingerprint density at radius 1 is 0.411 bits per heavy atom. The molecule has 2 aliphatic rings. The minimum absolute atomic E-state index is 0.0212. The fraction of sp³-hybridized carbons (Fsp3) is 0.208. The number of fused-ring (bicyclic) bond motifs is 3. The molecule has 0 saturated heterocycles. The molecule has 3 nitrogen and oxygen atoms in total. The highest BCUT2D eigenvalue weighted by Crippen LogP contribution is 2.49. The van der Waals surface area contributed by atoms with Gasteiger partial charge >= 0.3 is 0 Å². The van der Waals surface area contributed by atoms with Crippen molar-refractivity contribution in [3.05, 3.63) is 193 Å². The lowest BCUT2D eigenvalue weighted by Gasteiger charge is -2.33. The van der Waals surface area contributed by atoms with Crippen molar-refractivity contribution in [2.24, 2.45) is 0 Å². The molecule has 0 N–H and O–H groups in total. The molecule has 56 heavy (non-hydrogen) atoms. The van der Waals surface area contributed by atoms with E-state index in [1.807, 2.05) is 6.07 Å². The normalized spacial score (nSPS) is 15.6. The van der Waals surface area contributed by atoms with E-state index in [9.17, 15) is 0 Å². The van der Waals surface area contributed by atoms with E-state index in [0.29, 0.717) is 5.92 Å². The number of hydrogen-bond acceptors (Lipinski definition) is 3. The van der Waals surface area contributed by atoms with Gasteiger partial charge < -0.3 is 14.2 Å². The van der Waals surface area contributed by atoms with E-state index in [0.717, 1.165) is 51.8 Å². The number of anilines is 6. The van der Waals surface area contributed by atoms with Gasteiger partial charge in [0.05, 0.1) is 5.69 Å². The Morgan fingerprint density at radius 3 is 1.54 bits per heavy atom. The molecule has 0 spiro atoms. The summed E-state index contributed by atoms with van der Waals surface area (Å²) in [5.74, 6) is 0.700. The average Bonchev–Trinajstić information content (AvgIpc) is 3.93. The summed E-state index contributed by atoms with van der Waals surface area (Å²) in [5, 5.41) is 2.27. The molecule has 2 fully saturated rings. The van der Waals surface area contributed by atoms with E-state index in [4.69, 9.17) is 4.42 Å². The fourth-order valence-electron chi connectivity index (χ4n) is 9.85. The second kappa shape index (κ2) is 14.9. The molecule has 10 rings (SSSR count). The van der Waals surface area contributed by atoms with Gasteiger partial charge in [-0.15, -0.1) is 0 Å². The number of hydrogen-bond donors (Lipinski definition) is 0. The maximum Gasteiger partial charge on any atom is 0.159 e. The van der Waals surface area contributed by atoms with Crippen LogP contribution in [0.3, 0.4) is 0 Å². The topological polar surface area (TPSA) is 19.6 Å². The molecular formula is C53H48N2O. The van der Waals surface area contributed by atoms with Gasteiger partial charge in [0.1, 0.15) is 5.58 Å². The van der Waals surface area contributed by atoms with Crippen LogP contribution < -0.4 is 9.80 Å². The predicted octanol–water partition coefficient (Wildman–Crippen LogP) is 15.4. The van der Waals surface area contributed by atoms with Crippen molar-refractivity contribution in [1.29, 1.82) is 0 Å². The van der Waals surface area contributed by atoms with E-state index in [1.54, 1.807) is 0 Å². The monoisotopic (exact) mass is 728 g/mol. The van der Waals surface area contributed by atoms with Crippen LogP contribution in [-0.4, -0.2) is 0 Å². The molecule has 2 saturated carbocycles. The van der Waals surface area contributed by atoms with Crippen molar-refractivity contribution in [2.75, 3.05) is 9.80 Å². The third kappa shape index (κ3) is 6.26. The molecule has 1 aromatic heterocycles. The van der Waals surface area contributed by atoms with Crippen molar-refractivity contribution >= 4 is 56.1 Å². The third-order valence-electron chi connectivity index (χ3n) is 12.7. The summed E-state index contributed by atoms with van der Waals surface area (Å²) < 4.78 is 6.55. The van der Waals surface area contributed by atoms with Crippen molar-refractivity contribution < 1.29 is 4.42 Å². The summed E-state index contributed by atoms with van der Waals surface area (Å²) >= 11 is 0. The average molecular weight is 729 g/mol. The fourth-order valence-corrected chi connectivity index (χ4v) is 9.85. The van der Waals surface area contributed by atoms with E-state index < -0.39 is 0 Å². The van der Waals surface area contributed by atoms with Crippen LogP contribution in [0, 0.1) is 0 Å².